The molecule has 2 heterocycles. The van der Waals surface area contributed by atoms with Gasteiger partial charge in [0.2, 0.25) is 11.8 Å². The molecule has 98 valence electrons. The maximum atomic E-state index is 13.5. The Bertz CT molecular complexity index is 840. The highest BCUT2D eigenvalue weighted by atomic mass is 32.1. The minimum Gasteiger partial charge on any atom is -0.437 e. The Kier molecular flexibility index (Phi) is 2.93. The number of anilines is 1. The van der Waals surface area contributed by atoms with Crippen LogP contribution in [0.1, 0.15) is 5.56 Å². The fourth-order valence-electron chi connectivity index (χ4n) is 1.72. The predicted octanol–water partition coefficient (Wildman–Crippen LogP) is 3.08. The first kappa shape index (κ1) is 12.3. The largest absolute Gasteiger partial charge is 0.437 e. The number of hydrogen-bond donors (Lipinski definition) is 1. The van der Waals surface area contributed by atoms with E-state index in [1.807, 2.05) is 5.38 Å². The summed E-state index contributed by atoms with van der Waals surface area (Å²) in [6.07, 6.45) is 0. The van der Waals surface area contributed by atoms with Crippen LogP contribution in [0, 0.1) is 17.1 Å². The van der Waals surface area contributed by atoms with Gasteiger partial charge in [-0.2, -0.15) is 10.2 Å². The number of ether oxygens (including phenoxy) is 1. The number of nitriles is 1. The van der Waals surface area contributed by atoms with Gasteiger partial charge in [0.25, 0.3) is 0 Å². The average Bonchev–Trinajstić information content (AvgIpc) is 2.87. The van der Waals surface area contributed by atoms with Gasteiger partial charge < -0.3 is 10.5 Å². The van der Waals surface area contributed by atoms with Crippen molar-refractivity contribution < 1.29 is 9.13 Å². The number of nitrogens with two attached hydrogens (primary N) is 1. The van der Waals surface area contributed by atoms with Crippen molar-refractivity contribution in [1.82, 2.24) is 9.97 Å². The fraction of sp³-hybridized carbons (Fsp3) is 0. The molecular formula is C13H7FN4OS. The highest BCUT2D eigenvalue weighted by Crippen LogP contribution is 2.32. The van der Waals surface area contributed by atoms with Crippen LogP contribution in [0.15, 0.2) is 29.6 Å². The SMILES string of the molecule is N#Cc1c(F)cccc1Oc1nc(N)nc2sccc12. The molecule has 0 saturated carbocycles. The molecule has 0 amide bonds. The van der Waals surface area contributed by atoms with Crippen molar-refractivity contribution in [2.24, 2.45) is 0 Å². The lowest BCUT2D eigenvalue weighted by molar-refractivity contribution is 0.462. The van der Waals surface area contributed by atoms with E-state index in [0.717, 1.165) is 0 Å². The summed E-state index contributed by atoms with van der Waals surface area (Å²) in [5, 5.41) is 11.5. The van der Waals surface area contributed by atoms with Gasteiger partial charge in [0, 0.05) is 0 Å². The maximum Gasteiger partial charge on any atom is 0.232 e. The number of thiophene rings is 1. The first-order valence-corrected chi connectivity index (χ1v) is 6.44. The van der Waals surface area contributed by atoms with E-state index in [0.29, 0.717) is 10.2 Å². The molecule has 7 heteroatoms. The lowest BCUT2D eigenvalue weighted by atomic mass is 10.2. The smallest absolute Gasteiger partial charge is 0.232 e. The number of halogens is 1. The second-order valence-corrected chi connectivity index (χ2v) is 4.75. The summed E-state index contributed by atoms with van der Waals surface area (Å²) >= 11 is 1.39. The predicted molar refractivity (Wildman–Crippen MR) is 73.0 cm³/mol. The molecule has 1 aromatic carbocycles. The van der Waals surface area contributed by atoms with Crippen LogP contribution in [-0.2, 0) is 0 Å². The molecule has 3 aromatic rings. The fourth-order valence-corrected chi connectivity index (χ4v) is 2.49. The van der Waals surface area contributed by atoms with Gasteiger partial charge in [-0.3, -0.25) is 0 Å². The van der Waals surface area contributed by atoms with Crippen LogP contribution in [0.25, 0.3) is 10.2 Å². The summed E-state index contributed by atoms with van der Waals surface area (Å²) in [5.74, 6) is -0.285. The molecule has 0 saturated heterocycles. The normalized spacial score (nSPS) is 10.4. The maximum absolute atomic E-state index is 13.5. The monoisotopic (exact) mass is 286 g/mol. The zero-order valence-corrected chi connectivity index (χ0v) is 10.8. The van der Waals surface area contributed by atoms with E-state index in [1.54, 1.807) is 12.1 Å². The minimum absolute atomic E-state index is 0.0601. The van der Waals surface area contributed by atoms with E-state index in [1.165, 1.54) is 29.5 Å². The standard InChI is InChI=1S/C13H7FN4OS/c14-9-2-1-3-10(8(9)6-15)19-11-7-4-5-20-12(7)18-13(16)17-11/h1-5H,(H2,16,17,18). The number of hydrogen-bond acceptors (Lipinski definition) is 6. The van der Waals surface area contributed by atoms with Gasteiger partial charge in [0.1, 0.15) is 28.0 Å². The average molecular weight is 286 g/mol. The summed E-state index contributed by atoms with van der Waals surface area (Å²) < 4.78 is 19.1. The van der Waals surface area contributed by atoms with E-state index < -0.39 is 5.82 Å². The molecule has 0 fully saturated rings. The van der Waals surface area contributed by atoms with Crippen LogP contribution in [-0.4, -0.2) is 9.97 Å². The van der Waals surface area contributed by atoms with Crippen LogP contribution < -0.4 is 10.5 Å². The zero-order valence-electron chi connectivity index (χ0n) is 10.0. The topological polar surface area (TPSA) is 84.8 Å². The summed E-state index contributed by atoms with van der Waals surface area (Å²) in [6, 6.07) is 7.70. The lowest BCUT2D eigenvalue weighted by Gasteiger charge is -2.08. The molecule has 0 unspecified atom stereocenters. The Balaban J connectivity index is 2.13. The molecular weight excluding hydrogens is 279 g/mol. The molecule has 5 nitrogen and oxygen atoms in total. The molecule has 0 atom stereocenters. The van der Waals surface area contributed by atoms with Gasteiger partial charge in [0.05, 0.1) is 5.39 Å². The van der Waals surface area contributed by atoms with Crippen molar-refractivity contribution in [2.75, 3.05) is 5.73 Å². The second-order valence-electron chi connectivity index (χ2n) is 3.85. The Morgan fingerprint density at radius 2 is 2.15 bits per heavy atom. The Morgan fingerprint density at radius 1 is 1.30 bits per heavy atom. The number of rotatable bonds is 2. The molecule has 3 rings (SSSR count). The zero-order chi connectivity index (χ0) is 14.1. The van der Waals surface area contributed by atoms with Crippen LogP contribution in [0.5, 0.6) is 11.6 Å². The van der Waals surface area contributed by atoms with Crippen molar-refractivity contribution in [1.29, 1.82) is 5.26 Å². The molecule has 0 radical (unpaired) electrons. The van der Waals surface area contributed by atoms with Gasteiger partial charge in [-0.05, 0) is 23.6 Å². The van der Waals surface area contributed by atoms with Crippen molar-refractivity contribution in [3.05, 3.63) is 41.0 Å². The Morgan fingerprint density at radius 3 is 2.95 bits per heavy atom. The van der Waals surface area contributed by atoms with Crippen LogP contribution >= 0.6 is 11.3 Å². The van der Waals surface area contributed by atoms with Crippen molar-refractivity contribution in [2.45, 2.75) is 0 Å². The first-order valence-electron chi connectivity index (χ1n) is 5.56. The van der Waals surface area contributed by atoms with Gasteiger partial charge in [0.15, 0.2) is 0 Å². The molecule has 2 N–H and O–H groups in total. The number of nitrogens with zero attached hydrogens (tertiary/aromatic N) is 3. The summed E-state index contributed by atoms with van der Waals surface area (Å²) in [6.45, 7) is 0. The summed E-state index contributed by atoms with van der Waals surface area (Å²) in [4.78, 5) is 8.73. The number of benzene rings is 1. The number of nitrogen functional groups attached to an aromatic ring is 1. The van der Waals surface area contributed by atoms with Crippen LogP contribution in [0.4, 0.5) is 10.3 Å². The van der Waals surface area contributed by atoms with Crippen LogP contribution in [0.3, 0.4) is 0 Å². The first-order chi connectivity index (χ1) is 9.69. The van der Waals surface area contributed by atoms with Gasteiger partial charge >= 0.3 is 0 Å². The second kappa shape index (κ2) is 4.75. The van der Waals surface area contributed by atoms with E-state index in [-0.39, 0.29) is 23.1 Å². The van der Waals surface area contributed by atoms with Gasteiger partial charge in [-0.15, -0.1) is 11.3 Å². The molecule has 0 aliphatic heterocycles. The third-order valence-corrected chi connectivity index (χ3v) is 3.41. The Hall–Kier alpha value is -2.72. The minimum atomic E-state index is -0.645. The van der Waals surface area contributed by atoms with E-state index in [9.17, 15) is 4.39 Å². The number of fused-ring (bicyclic) bond motifs is 1. The molecule has 0 bridgehead atoms. The van der Waals surface area contributed by atoms with E-state index in [4.69, 9.17) is 15.7 Å². The van der Waals surface area contributed by atoms with Gasteiger partial charge in [-0.25, -0.2) is 9.37 Å². The highest BCUT2D eigenvalue weighted by molar-refractivity contribution is 7.16. The van der Waals surface area contributed by atoms with Crippen molar-refractivity contribution in [3.63, 3.8) is 0 Å². The van der Waals surface area contributed by atoms with E-state index in [2.05, 4.69) is 9.97 Å². The van der Waals surface area contributed by atoms with Crippen molar-refractivity contribution >= 4 is 27.5 Å². The Labute approximate surface area is 117 Å². The molecule has 0 spiro atoms. The quantitative estimate of drug-likeness (QED) is 0.782. The third kappa shape index (κ3) is 2.02. The highest BCUT2D eigenvalue weighted by Gasteiger charge is 2.14. The summed E-state index contributed by atoms with van der Waals surface area (Å²) in [5.41, 5.74) is 5.43. The third-order valence-electron chi connectivity index (χ3n) is 2.60. The number of aromatic nitrogens is 2. The lowest BCUT2D eigenvalue weighted by Crippen LogP contribution is -1.98. The summed E-state index contributed by atoms with van der Waals surface area (Å²) in [7, 11) is 0. The molecule has 20 heavy (non-hydrogen) atoms. The van der Waals surface area contributed by atoms with Gasteiger partial charge in [-0.1, -0.05) is 6.07 Å². The molecule has 0 aliphatic carbocycles. The van der Waals surface area contributed by atoms with Crippen molar-refractivity contribution in [3.8, 4) is 17.7 Å². The molecule has 0 aliphatic rings. The van der Waals surface area contributed by atoms with E-state index >= 15 is 0 Å². The van der Waals surface area contributed by atoms with Crippen LogP contribution in [0.2, 0.25) is 0 Å². The molecule has 2 aromatic heterocycles.